The van der Waals surface area contributed by atoms with Crippen LogP contribution in [0.25, 0.3) is 0 Å². The summed E-state index contributed by atoms with van der Waals surface area (Å²) in [4.78, 5) is 73.0. The summed E-state index contributed by atoms with van der Waals surface area (Å²) in [5.41, 5.74) is 6.28. The van der Waals surface area contributed by atoms with Crippen LogP contribution in [0.1, 0.15) is 17.8 Å². The summed E-state index contributed by atoms with van der Waals surface area (Å²) < 4.78 is 0. The van der Waals surface area contributed by atoms with E-state index in [0.29, 0.717) is 11.4 Å². The van der Waals surface area contributed by atoms with E-state index in [4.69, 9.17) is 10.8 Å². The highest BCUT2D eigenvalue weighted by molar-refractivity contribution is 5.94. The van der Waals surface area contributed by atoms with Gasteiger partial charge in [-0.15, -0.1) is 0 Å². The van der Waals surface area contributed by atoms with Crippen molar-refractivity contribution < 1.29 is 34.2 Å². The smallest absolute Gasteiger partial charge is 0.326 e. The number of nitrogens with two attached hydrogens (primary N) is 1. The molecule has 2 aromatic heterocycles. The van der Waals surface area contributed by atoms with Crippen LogP contribution < -0.4 is 21.7 Å². The highest BCUT2D eigenvalue weighted by Crippen LogP contribution is 2.04. The van der Waals surface area contributed by atoms with E-state index in [9.17, 15) is 29.1 Å². The van der Waals surface area contributed by atoms with Crippen molar-refractivity contribution in [3.05, 3.63) is 36.4 Å². The average molecular weight is 464 g/mol. The number of hydrogen-bond acceptors (Lipinski definition) is 8. The molecule has 3 unspecified atom stereocenters. The van der Waals surface area contributed by atoms with E-state index in [1.54, 1.807) is 0 Å². The number of nitrogens with one attached hydrogen (secondary N) is 5. The van der Waals surface area contributed by atoms with Crippen molar-refractivity contribution in [1.29, 1.82) is 0 Å². The highest BCUT2D eigenvalue weighted by Gasteiger charge is 2.31. The molecule has 15 heteroatoms. The van der Waals surface area contributed by atoms with Gasteiger partial charge in [-0.25, -0.2) is 14.8 Å². The molecule has 2 heterocycles. The van der Waals surface area contributed by atoms with Gasteiger partial charge in [-0.2, -0.15) is 0 Å². The topological polar surface area (TPSA) is 245 Å². The maximum Gasteiger partial charge on any atom is 0.326 e. The third-order valence-electron chi connectivity index (χ3n) is 4.42. The Balaban J connectivity index is 2.20. The second kappa shape index (κ2) is 11.9. The van der Waals surface area contributed by atoms with Gasteiger partial charge in [-0.3, -0.25) is 19.2 Å². The van der Waals surface area contributed by atoms with E-state index in [0.717, 1.165) is 0 Å². The lowest BCUT2D eigenvalue weighted by molar-refractivity contribution is -0.147. The van der Waals surface area contributed by atoms with Crippen molar-refractivity contribution in [2.45, 2.75) is 37.4 Å². The molecule has 0 bridgehead atoms. The molecule has 15 nitrogen and oxygen atoms in total. The van der Waals surface area contributed by atoms with Gasteiger partial charge < -0.3 is 41.9 Å². The Morgan fingerprint density at radius 1 is 0.848 bits per heavy atom. The number of hydrogen-bond donors (Lipinski definition) is 8. The number of H-pyrrole nitrogens is 2. The first kappa shape index (κ1) is 25.0. The van der Waals surface area contributed by atoms with E-state index >= 15 is 0 Å². The fourth-order valence-corrected chi connectivity index (χ4v) is 2.82. The van der Waals surface area contributed by atoms with Gasteiger partial charge >= 0.3 is 11.9 Å². The fourth-order valence-electron chi connectivity index (χ4n) is 2.82. The molecule has 0 spiro atoms. The summed E-state index contributed by atoms with van der Waals surface area (Å²) in [6, 6.07) is -4.16. The predicted octanol–water partition coefficient (Wildman–Crippen LogP) is -3.11. The lowest BCUT2D eigenvalue weighted by Crippen LogP contribution is -2.57. The number of carbonyl (C=O) groups is 5. The van der Waals surface area contributed by atoms with Gasteiger partial charge in [0, 0.05) is 36.6 Å². The zero-order valence-electron chi connectivity index (χ0n) is 17.3. The van der Waals surface area contributed by atoms with E-state index in [-0.39, 0.29) is 19.4 Å². The average Bonchev–Trinajstić information content (AvgIpc) is 3.45. The first-order chi connectivity index (χ1) is 15.7. The van der Waals surface area contributed by atoms with E-state index < -0.39 is 54.2 Å². The molecular weight excluding hydrogens is 440 g/mol. The SMILES string of the molecule is NCC(=O)NC(Cc1cnc[nH]1)C(=O)NC(Cc1cnc[nH]1)C(=O)NC(CC(=O)O)C(=O)O. The van der Waals surface area contributed by atoms with Gasteiger partial charge in [0.15, 0.2) is 0 Å². The number of rotatable bonds is 13. The Bertz CT molecular complexity index is 961. The standard InChI is InChI=1S/C18H24N8O7/c19-4-14(27)24-11(1-9-5-20-7-22-9)16(30)25-12(2-10-6-21-8-23-10)17(31)26-13(18(32)33)3-15(28)29/h5-8,11-13H,1-4,19H2,(H,20,22)(H,21,23)(H,24,27)(H,25,30)(H,26,31)(H,28,29)(H,32,33). The number of carboxylic acid groups (broad SMARTS) is 2. The Hall–Kier alpha value is -4.27. The molecule has 0 aromatic carbocycles. The van der Waals surface area contributed by atoms with E-state index in [1.165, 1.54) is 25.0 Å². The summed E-state index contributed by atoms with van der Waals surface area (Å²) in [5.74, 6) is -5.28. The van der Waals surface area contributed by atoms with Crippen LogP contribution in [0, 0.1) is 0 Å². The van der Waals surface area contributed by atoms with Crippen molar-refractivity contribution in [2.75, 3.05) is 6.54 Å². The van der Waals surface area contributed by atoms with Crippen LogP contribution in [0.3, 0.4) is 0 Å². The predicted molar refractivity (Wildman–Crippen MR) is 109 cm³/mol. The first-order valence-corrected chi connectivity index (χ1v) is 9.68. The molecule has 0 saturated heterocycles. The van der Waals surface area contributed by atoms with Crippen molar-refractivity contribution in [3.8, 4) is 0 Å². The Morgan fingerprint density at radius 2 is 1.33 bits per heavy atom. The summed E-state index contributed by atoms with van der Waals surface area (Å²) in [6.07, 6.45) is 4.62. The Labute approximate surface area is 186 Å². The number of aromatic nitrogens is 4. The molecule has 0 saturated carbocycles. The minimum atomic E-state index is -1.71. The molecule has 2 rings (SSSR count). The number of carboxylic acids is 2. The summed E-state index contributed by atoms with van der Waals surface area (Å²) in [6.45, 7) is -0.375. The Kier molecular flexibility index (Phi) is 9.05. The molecule has 9 N–H and O–H groups in total. The van der Waals surface area contributed by atoms with Crippen LogP contribution in [0.4, 0.5) is 0 Å². The van der Waals surface area contributed by atoms with Gasteiger partial charge in [-0.1, -0.05) is 0 Å². The third kappa shape index (κ3) is 8.06. The zero-order valence-corrected chi connectivity index (χ0v) is 17.3. The molecule has 2 aromatic rings. The first-order valence-electron chi connectivity index (χ1n) is 9.68. The van der Waals surface area contributed by atoms with E-state index in [1.807, 2.05) is 0 Å². The summed E-state index contributed by atoms with van der Waals surface area (Å²) in [7, 11) is 0. The normalized spacial score (nSPS) is 13.4. The molecule has 0 aliphatic carbocycles. The molecule has 0 fully saturated rings. The van der Waals surface area contributed by atoms with Gasteiger partial charge in [0.25, 0.3) is 0 Å². The number of imidazole rings is 2. The van der Waals surface area contributed by atoms with Crippen molar-refractivity contribution in [2.24, 2.45) is 5.73 Å². The van der Waals surface area contributed by atoms with Gasteiger partial charge in [0.2, 0.25) is 17.7 Å². The number of aromatic amines is 2. The van der Waals surface area contributed by atoms with Gasteiger partial charge in [0.05, 0.1) is 25.6 Å². The van der Waals surface area contributed by atoms with Crippen LogP contribution in [-0.4, -0.2) is 84.5 Å². The minimum Gasteiger partial charge on any atom is -0.481 e. The van der Waals surface area contributed by atoms with Crippen molar-refractivity contribution in [1.82, 2.24) is 35.9 Å². The molecule has 3 amide bonds. The maximum absolute atomic E-state index is 12.9. The number of nitrogens with zero attached hydrogens (tertiary/aromatic N) is 2. The third-order valence-corrected chi connectivity index (χ3v) is 4.42. The van der Waals surface area contributed by atoms with E-state index in [2.05, 4.69) is 35.9 Å². The lowest BCUT2D eigenvalue weighted by atomic mass is 10.1. The Morgan fingerprint density at radius 3 is 1.73 bits per heavy atom. The quantitative estimate of drug-likeness (QED) is 0.148. The second-order valence-corrected chi connectivity index (χ2v) is 6.94. The lowest BCUT2D eigenvalue weighted by Gasteiger charge is -2.24. The maximum atomic E-state index is 12.9. The zero-order chi connectivity index (χ0) is 24.4. The number of aliphatic carboxylic acids is 2. The molecule has 178 valence electrons. The van der Waals surface area contributed by atoms with Crippen molar-refractivity contribution >= 4 is 29.7 Å². The number of amides is 3. The number of carbonyl (C=O) groups excluding carboxylic acids is 3. The molecule has 33 heavy (non-hydrogen) atoms. The van der Waals surface area contributed by atoms with Crippen LogP contribution in [0.2, 0.25) is 0 Å². The van der Waals surface area contributed by atoms with Crippen LogP contribution in [-0.2, 0) is 36.8 Å². The largest absolute Gasteiger partial charge is 0.481 e. The molecule has 0 aliphatic rings. The second-order valence-electron chi connectivity index (χ2n) is 6.94. The van der Waals surface area contributed by atoms with Crippen molar-refractivity contribution in [3.63, 3.8) is 0 Å². The molecule has 3 atom stereocenters. The summed E-state index contributed by atoms with van der Waals surface area (Å²) >= 11 is 0. The van der Waals surface area contributed by atoms with Crippen LogP contribution in [0.15, 0.2) is 25.0 Å². The fraction of sp³-hybridized carbons (Fsp3) is 0.389. The summed E-state index contributed by atoms with van der Waals surface area (Å²) in [5, 5.41) is 25.1. The monoisotopic (exact) mass is 464 g/mol. The minimum absolute atomic E-state index is 0.00668. The van der Waals surface area contributed by atoms with Gasteiger partial charge in [0.1, 0.15) is 18.1 Å². The molecule has 0 radical (unpaired) electrons. The molecule has 0 aliphatic heterocycles. The highest BCUT2D eigenvalue weighted by atomic mass is 16.4. The van der Waals surface area contributed by atoms with Crippen LogP contribution >= 0.6 is 0 Å². The van der Waals surface area contributed by atoms with Crippen LogP contribution in [0.5, 0.6) is 0 Å². The van der Waals surface area contributed by atoms with Gasteiger partial charge in [-0.05, 0) is 0 Å². The molecular formula is C18H24N8O7.